The molecule has 0 N–H and O–H groups in total. The molecule has 5 heteroatoms. The highest BCUT2D eigenvalue weighted by Crippen LogP contribution is 2.25. The van der Waals surface area contributed by atoms with Crippen molar-refractivity contribution < 1.29 is 4.39 Å². The van der Waals surface area contributed by atoms with Gasteiger partial charge in [0.25, 0.3) is 0 Å². The molecule has 0 aliphatic heterocycles. The summed E-state index contributed by atoms with van der Waals surface area (Å²) in [7, 11) is 0. The second-order valence-corrected chi connectivity index (χ2v) is 4.32. The maximum absolute atomic E-state index is 13.5. The van der Waals surface area contributed by atoms with E-state index in [4.69, 9.17) is 11.6 Å². The van der Waals surface area contributed by atoms with Crippen LogP contribution in [0.15, 0.2) is 30.5 Å². The maximum Gasteiger partial charge on any atom is 0.222 e. The Hall–Kier alpha value is -0.750. The summed E-state index contributed by atoms with van der Waals surface area (Å²) in [5, 5.41) is 0.119. The van der Waals surface area contributed by atoms with Crippen LogP contribution in [0.1, 0.15) is 0 Å². The first-order valence-electron chi connectivity index (χ1n) is 4.11. The van der Waals surface area contributed by atoms with Gasteiger partial charge in [0, 0.05) is 11.8 Å². The highest BCUT2D eigenvalue weighted by Gasteiger charge is 2.10. The predicted octanol–water partition coefficient (Wildman–Crippen LogP) is 3.54. The van der Waals surface area contributed by atoms with Gasteiger partial charge in [0.15, 0.2) is 0 Å². The minimum Gasteiger partial charge on any atom is -0.225 e. The van der Waals surface area contributed by atoms with Crippen molar-refractivity contribution in [1.29, 1.82) is 0 Å². The molecule has 0 unspecified atom stereocenters. The number of hydrogen-bond donors (Lipinski definition) is 0. The van der Waals surface area contributed by atoms with E-state index in [1.54, 1.807) is 24.4 Å². The molecule has 2 aromatic rings. The number of rotatable bonds is 1. The van der Waals surface area contributed by atoms with Crippen LogP contribution < -0.4 is 0 Å². The van der Waals surface area contributed by atoms with E-state index in [-0.39, 0.29) is 11.1 Å². The topological polar surface area (TPSA) is 25.8 Å². The van der Waals surface area contributed by atoms with Gasteiger partial charge >= 0.3 is 0 Å². The van der Waals surface area contributed by atoms with Crippen molar-refractivity contribution in [3.63, 3.8) is 0 Å². The molecule has 1 heterocycles. The molecule has 76 valence electrons. The smallest absolute Gasteiger partial charge is 0.222 e. The zero-order valence-electron chi connectivity index (χ0n) is 7.42. The summed E-state index contributed by atoms with van der Waals surface area (Å²) in [6.45, 7) is 0. The van der Waals surface area contributed by atoms with Gasteiger partial charge in [-0.05, 0) is 46.3 Å². The molecule has 15 heavy (non-hydrogen) atoms. The summed E-state index contributed by atoms with van der Waals surface area (Å²) in [6.07, 6.45) is 1.57. The average Bonchev–Trinajstić information content (AvgIpc) is 2.23. The molecular weight excluding hydrogens is 329 g/mol. The Kier molecular flexibility index (Phi) is 3.16. The molecule has 0 radical (unpaired) electrons. The molecule has 0 bridgehead atoms. The Balaban J connectivity index is 2.64. The minimum atomic E-state index is -0.315. The van der Waals surface area contributed by atoms with Gasteiger partial charge in [-0.1, -0.05) is 12.1 Å². The molecule has 0 aliphatic carbocycles. The zero-order valence-corrected chi connectivity index (χ0v) is 10.3. The fourth-order valence-corrected chi connectivity index (χ4v) is 1.87. The normalized spacial score (nSPS) is 10.3. The lowest BCUT2D eigenvalue weighted by molar-refractivity contribution is 0.630. The van der Waals surface area contributed by atoms with Crippen LogP contribution in [-0.2, 0) is 0 Å². The molecule has 1 aromatic carbocycles. The Morgan fingerprint density at radius 2 is 2.00 bits per heavy atom. The zero-order chi connectivity index (χ0) is 10.8. The fourth-order valence-electron chi connectivity index (χ4n) is 1.19. The Morgan fingerprint density at radius 3 is 2.73 bits per heavy atom. The summed E-state index contributed by atoms with van der Waals surface area (Å²) in [6, 6.07) is 6.44. The maximum atomic E-state index is 13.5. The van der Waals surface area contributed by atoms with Gasteiger partial charge in [-0.2, -0.15) is 0 Å². The molecule has 2 nitrogen and oxygen atoms in total. The third-order valence-electron chi connectivity index (χ3n) is 1.84. The predicted molar refractivity (Wildman–Crippen MR) is 65.2 cm³/mol. The second kappa shape index (κ2) is 4.40. The molecule has 0 aliphatic rings. The van der Waals surface area contributed by atoms with Gasteiger partial charge in [0.05, 0.1) is 9.26 Å². The molecule has 0 saturated carbocycles. The lowest BCUT2D eigenvalue weighted by Gasteiger charge is -2.04. The Bertz CT molecular complexity index is 505. The van der Waals surface area contributed by atoms with Crippen LogP contribution in [0, 0.1) is 9.39 Å². The summed E-state index contributed by atoms with van der Waals surface area (Å²) in [4.78, 5) is 7.83. The third-order valence-corrected chi connectivity index (χ3v) is 2.82. The number of halogens is 3. The van der Waals surface area contributed by atoms with Gasteiger partial charge in [-0.15, -0.1) is 0 Å². The highest BCUT2D eigenvalue weighted by molar-refractivity contribution is 14.1. The van der Waals surface area contributed by atoms with Crippen LogP contribution in [0.5, 0.6) is 0 Å². The molecule has 0 fully saturated rings. The standard InChI is InChI=1S/C10H5ClFIN2/c11-10-14-5-8(13)9(15-10)6-3-1-2-4-7(6)12/h1-5H. The fraction of sp³-hybridized carbons (Fsp3) is 0. The van der Waals surface area contributed by atoms with Gasteiger partial charge in [0.1, 0.15) is 5.82 Å². The van der Waals surface area contributed by atoms with Crippen LogP contribution in [0.2, 0.25) is 5.28 Å². The van der Waals surface area contributed by atoms with Gasteiger partial charge in [0.2, 0.25) is 5.28 Å². The molecule has 0 spiro atoms. The Morgan fingerprint density at radius 1 is 1.27 bits per heavy atom. The van der Waals surface area contributed by atoms with Crippen molar-refractivity contribution in [2.24, 2.45) is 0 Å². The summed E-state index contributed by atoms with van der Waals surface area (Å²) in [5.74, 6) is -0.315. The summed E-state index contributed by atoms with van der Waals surface area (Å²) in [5.41, 5.74) is 0.958. The van der Waals surface area contributed by atoms with E-state index in [2.05, 4.69) is 9.97 Å². The SMILES string of the molecule is Fc1ccccc1-c1nc(Cl)ncc1I. The first-order valence-corrected chi connectivity index (χ1v) is 5.57. The van der Waals surface area contributed by atoms with Crippen molar-refractivity contribution in [2.75, 3.05) is 0 Å². The van der Waals surface area contributed by atoms with Crippen molar-refractivity contribution in [3.05, 3.63) is 45.1 Å². The van der Waals surface area contributed by atoms with E-state index in [9.17, 15) is 4.39 Å². The van der Waals surface area contributed by atoms with E-state index < -0.39 is 0 Å². The van der Waals surface area contributed by atoms with Crippen LogP contribution in [-0.4, -0.2) is 9.97 Å². The van der Waals surface area contributed by atoms with Crippen molar-refractivity contribution in [3.8, 4) is 11.3 Å². The van der Waals surface area contributed by atoms with Crippen LogP contribution >= 0.6 is 34.2 Å². The summed E-state index contributed by atoms with van der Waals surface area (Å²) < 4.78 is 14.2. The molecule has 1 aromatic heterocycles. The first-order chi connectivity index (χ1) is 7.18. The van der Waals surface area contributed by atoms with Gasteiger partial charge < -0.3 is 0 Å². The van der Waals surface area contributed by atoms with Crippen molar-refractivity contribution >= 4 is 34.2 Å². The number of aromatic nitrogens is 2. The molecule has 2 rings (SSSR count). The lowest BCUT2D eigenvalue weighted by Crippen LogP contribution is -1.93. The van der Waals surface area contributed by atoms with E-state index in [1.807, 2.05) is 22.6 Å². The number of benzene rings is 1. The second-order valence-electron chi connectivity index (χ2n) is 2.82. The molecular formula is C10H5ClFIN2. The average molecular weight is 335 g/mol. The monoisotopic (exact) mass is 334 g/mol. The molecule has 0 saturated heterocycles. The van der Waals surface area contributed by atoms with Crippen LogP contribution in [0.3, 0.4) is 0 Å². The molecule has 0 amide bonds. The number of hydrogen-bond acceptors (Lipinski definition) is 2. The van der Waals surface area contributed by atoms with E-state index in [1.165, 1.54) is 6.07 Å². The largest absolute Gasteiger partial charge is 0.225 e. The van der Waals surface area contributed by atoms with Crippen LogP contribution in [0.4, 0.5) is 4.39 Å². The Labute approximate surface area is 105 Å². The number of nitrogens with zero attached hydrogens (tertiary/aromatic N) is 2. The first kappa shape index (κ1) is 10.8. The highest BCUT2D eigenvalue weighted by atomic mass is 127. The third kappa shape index (κ3) is 2.26. The van der Waals surface area contributed by atoms with Gasteiger partial charge in [-0.3, -0.25) is 0 Å². The van der Waals surface area contributed by atoms with Gasteiger partial charge in [-0.25, -0.2) is 14.4 Å². The van der Waals surface area contributed by atoms with E-state index >= 15 is 0 Å². The van der Waals surface area contributed by atoms with E-state index in [0.717, 1.165) is 3.57 Å². The summed E-state index contributed by atoms with van der Waals surface area (Å²) >= 11 is 7.72. The van der Waals surface area contributed by atoms with Crippen molar-refractivity contribution in [1.82, 2.24) is 9.97 Å². The van der Waals surface area contributed by atoms with E-state index in [0.29, 0.717) is 11.3 Å². The van der Waals surface area contributed by atoms with Crippen molar-refractivity contribution in [2.45, 2.75) is 0 Å². The molecule has 0 atom stereocenters. The van der Waals surface area contributed by atoms with Crippen LogP contribution in [0.25, 0.3) is 11.3 Å². The lowest BCUT2D eigenvalue weighted by atomic mass is 10.1. The minimum absolute atomic E-state index is 0.119. The quantitative estimate of drug-likeness (QED) is 0.589.